The Morgan fingerprint density at radius 3 is 1.52 bits per heavy atom. The van der Waals surface area contributed by atoms with Crippen LogP contribution in [0.25, 0.3) is 0 Å². The predicted octanol–water partition coefficient (Wildman–Crippen LogP) is -0.302. The van der Waals surface area contributed by atoms with Crippen LogP contribution in [0.5, 0.6) is 0 Å². The second kappa shape index (κ2) is 24.8. The molecular formula is C37H51N9O13S2. The summed E-state index contributed by atoms with van der Waals surface area (Å²) in [6.07, 6.45) is 0.746. The van der Waals surface area contributed by atoms with Gasteiger partial charge in [0.25, 0.3) is 11.8 Å². The lowest BCUT2D eigenvalue weighted by Crippen LogP contribution is -2.52. The summed E-state index contributed by atoms with van der Waals surface area (Å²) in [5.74, 6) is -8.13. The molecule has 2 aliphatic heterocycles. The van der Waals surface area contributed by atoms with E-state index < -0.39 is 124 Å². The van der Waals surface area contributed by atoms with Crippen molar-refractivity contribution in [3.63, 3.8) is 0 Å². The van der Waals surface area contributed by atoms with Crippen molar-refractivity contribution in [3.05, 3.63) is 49.4 Å². The molecule has 0 aliphatic carbocycles. The highest BCUT2D eigenvalue weighted by Gasteiger charge is 2.42. The van der Waals surface area contributed by atoms with E-state index in [0.717, 1.165) is 23.5 Å². The third-order valence-electron chi connectivity index (χ3n) is 8.51. The Labute approximate surface area is 360 Å². The summed E-state index contributed by atoms with van der Waals surface area (Å²) >= 11 is 2.25. The molecule has 0 bridgehead atoms. The minimum atomic E-state index is -1.35. The molecule has 2 heterocycles. The fourth-order valence-electron chi connectivity index (χ4n) is 5.62. The summed E-state index contributed by atoms with van der Waals surface area (Å²) in [5, 5.41) is 15.1. The number of hydrogen-bond donors (Lipinski definition) is 7. The van der Waals surface area contributed by atoms with Crippen LogP contribution in [0.15, 0.2) is 49.4 Å². The monoisotopic (exact) mass is 893 g/mol. The Morgan fingerprint density at radius 1 is 0.672 bits per heavy atom. The van der Waals surface area contributed by atoms with Gasteiger partial charge >= 0.3 is 12.2 Å². The molecule has 0 aromatic carbocycles. The smallest absolute Gasteiger partial charge is 0.407 e. The normalized spacial score (nSPS) is 16.7. The second-order valence-corrected chi connectivity index (χ2v) is 15.1. The Balaban J connectivity index is 2.19. The van der Waals surface area contributed by atoms with Gasteiger partial charge in [-0.3, -0.25) is 43.2 Å². The van der Waals surface area contributed by atoms with Crippen molar-refractivity contribution in [1.82, 2.24) is 47.0 Å². The van der Waals surface area contributed by atoms with Gasteiger partial charge in [0.05, 0.1) is 23.7 Å². The van der Waals surface area contributed by atoms with Crippen molar-refractivity contribution in [1.29, 1.82) is 0 Å². The SMILES string of the molecule is C=C(NC(=O)CC(CC(=O)NC(=C)NC(=O)C(=C)N1C(=O)CC(SC)C1=O)NC(=O)C(CCCCNC(=O)OCC)NC(=O)OCC)NC(=O)C(=C)N1C(=O)CC(SC)C1=O. The first-order valence-corrected chi connectivity index (χ1v) is 21.3. The van der Waals surface area contributed by atoms with Gasteiger partial charge in [-0.05, 0) is 45.6 Å². The zero-order chi connectivity index (χ0) is 46.0. The summed E-state index contributed by atoms with van der Waals surface area (Å²) in [5.41, 5.74) is -1.03. The Morgan fingerprint density at radius 2 is 1.11 bits per heavy atom. The maximum absolute atomic E-state index is 13.6. The van der Waals surface area contributed by atoms with Crippen LogP contribution in [-0.4, -0.2) is 130 Å². The largest absolute Gasteiger partial charge is 0.450 e. The molecule has 0 aromatic rings. The van der Waals surface area contributed by atoms with Crippen LogP contribution in [0.3, 0.4) is 0 Å². The number of imide groups is 2. The summed E-state index contributed by atoms with van der Waals surface area (Å²) in [7, 11) is 0. The number of hydrogen-bond acceptors (Lipinski definition) is 15. The first-order valence-electron chi connectivity index (χ1n) is 18.7. The van der Waals surface area contributed by atoms with E-state index in [2.05, 4.69) is 63.5 Å². The number of alkyl carbamates (subject to hydrolysis) is 2. The zero-order valence-electron chi connectivity index (χ0n) is 34.2. The number of likely N-dealkylation sites (tertiary alicyclic amines) is 2. The molecule has 3 unspecified atom stereocenters. The molecule has 0 aromatic heterocycles. The minimum absolute atomic E-state index is 0.0130. The van der Waals surface area contributed by atoms with Crippen molar-refractivity contribution in [3.8, 4) is 0 Å². The second-order valence-electron chi connectivity index (χ2n) is 13.0. The highest BCUT2D eigenvalue weighted by atomic mass is 32.2. The van der Waals surface area contributed by atoms with Gasteiger partial charge in [0, 0.05) is 38.3 Å². The number of nitrogens with zero attached hydrogens (tertiary/aromatic N) is 2. The molecule has 0 saturated carbocycles. The van der Waals surface area contributed by atoms with Crippen LogP contribution in [0, 0.1) is 0 Å². The quantitative estimate of drug-likeness (QED) is 0.0372. The summed E-state index contributed by atoms with van der Waals surface area (Å²) in [6, 6.07) is -2.62. The molecule has 7 N–H and O–H groups in total. The van der Waals surface area contributed by atoms with Crippen molar-refractivity contribution in [2.45, 2.75) is 81.4 Å². The van der Waals surface area contributed by atoms with E-state index in [9.17, 15) is 52.7 Å². The van der Waals surface area contributed by atoms with Gasteiger partial charge in [0.1, 0.15) is 29.1 Å². The predicted molar refractivity (Wildman–Crippen MR) is 221 cm³/mol. The van der Waals surface area contributed by atoms with Gasteiger partial charge < -0.3 is 46.7 Å². The van der Waals surface area contributed by atoms with E-state index in [-0.39, 0.29) is 45.4 Å². The third kappa shape index (κ3) is 15.7. The van der Waals surface area contributed by atoms with E-state index in [1.807, 2.05) is 0 Å². The van der Waals surface area contributed by atoms with Crippen molar-refractivity contribution in [2.24, 2.45) is 0 Å². The lowest BCUT2D eigenvalue weighted by atomic mass is 10.1. The number of thioether (sulfide) groups is 2. The Hall–Kier alpha value is -6.17. The molecule has 61 heavy (non-hydrogen) atoms. The van der Waals surface area contributed by atoms with Crippen LogP contribution in [0.1, 0.15) is 58.8 Å². The number of carbonyl (C=O) groups excluding carboxylic acids is 11. The maximum Gasteiger partial charge on any atom is 0.407 e. The van der Waals surface area contributed by atoms with Gasteiger partial charge in [-0.25, -0.2) is 19.4 Å². The van der Waals surface area contributed by atoms with E-state index >= 15 is 0 Å². The average Bonchev–Trinajstić information content (AvgIpc) is 3.64. The highest BCUT2D eigenvalue weighted by molar-refractivity contribution is 8.00. The molecule has 2 rings (SSSR count). The molecule has 2 aliphatic rings. The molecule has 0 radical (unpaired) electrons. The maximum atomic E-state index is 13.6. The van der Waals surface area contributed by atoms with Crippen LogP contribution in [0.2, 0.25) is 0 Å². The lowest BCUT2D eigenvalue weighted by molar-refractivity contribution is -0.139. The Kier molecular flexibility index (Phi) is 20.7. The first-order chi connectivity index (χ1) is 28.8. The van der Waals surface area contributed by atoms with E-state index in [1.54, 1.807) is 26.4 Å². The fraction of sp³-hybridized carbons (Fsp3) is 0.486. The molecule has 334 valence electrons. The lowest BCUT2D eigenvalue weighted by Gasteiger charge is -2.24. The molecule has 2 saturated heterocycles. The average molecular weight is 894 g/mol. The number of carbonyl (C=O) groups is 11. The number of rotatable bonds is 24. The molecular weight excluding hydrogens is 843 g/mol. The Bertz CT molecular complexity index is 1740. The summed E-state index contributed by atoms with van der Waals surface area (Å²) < 4.78 is 9.73. The van der Waals surface area contributed by atoms with Crippen LogP contribution < -0.4 is 37.2 Å². The van der Waals surface area contributed by atoms with Crippen LogP contribution >= 0.6 is 23.5 Å². The van der Waals surface area contributed by atoms with Gasteiger partial charge in [-0.2, -0.15) is 23.5 Å². The number of amides is 11. The molecule has 0 spiro atoms. The third-order valence-corrected chi connectivity index (χ3v) is 10.4. The number of nitrogens with one attached hydrogen (secondary N) is 7. The van der Waals surface area contributed by atoms with Gasteiger partial charge in [-0.1, -0.05) is 26.3 Å². The number of ether oxygens (including phenoxy) is 2. The van der Waals surface area contributed by atoms with E-state index in [0.29, 0.717) is 16.2 Å². The molecule has 11 amide bonds. The zero-order valence-corrected chi connectivity index (χ0v) is 35.9. The fourth-order valence-corrected chi connectivity index (χ4v) is 6.85. The minimum Gasteiger partial charge on any atom is -0.450 e. The van der Waals surface area contributed by atoms with Gasteiger partial charge in [-0.15, -0.1) is 0 Å². The van der Waals surface area contributed by atoms with Crippen molar-refractivity contribution in [2.75, 3.05) is 32.3 Å². The van der Waals surface area contributed by atoms with Crippen molar-refractivity contribution < 1.29 is 62.2 Å². The number of unbranched alkanes of at least 4 members (excludes halogenated alkanes) is 1. The molecule has 3 atom stereocenters. The van der Waals surface area contributed by atoms with Gasteiger partial charge in [0.15, 0.2) is 0 Å². The molecule has 22 nitrogen and oxygen atoms in total. The topological polar surface area (TPSA) is 297 Å². The van der Waals surface area contributed by atoms with E-state index in [4.69, 9.17) is 9.47 Å². The summed E-state index contributed by atoms with van der Waals surface area (Å²) in [6.45, 7) is 17.6. The standard InChI is InChI=1S/C37H51N9O13S2/c1-9-58-36(56)38-14-12-11-13-24(44-37(57)59-10-2)33(53)43-23(15-27(47)39-21(5)41-31(51)19(3)45-29(49)17-25(60-7)34(45)54)16-28(48)40-22(6)42-32(52)20(4)46-30(50)18-26(61-8)35(46)55/h23-26H,3-6,9-18H2,1-2,7-8H3,(H,38,56)(H,39,47)(H,40,48)(H,41,51)(H,42,52)(H,43,53)(H,44,57). The first kappa shape index (κ1) is 51.0. The highest BCUT2D eigenvalue weighted by Crippen LogP contribution is 2.27. The molecule has 2 fully saturated rings. The van der Waals surface area contributed by atoms with Crippen LogP contribution in [0.4, 0.5) is 9.59 Å². The van der Waals surface area contributed by atoms with Crippen LogP contribution in [-0.2, 0) is 52.6 Å². The van der Waals surface area contributed by atoms with Gasteiger partial charge in [0.2, 0.25) is 41.4 Å². The summed E-state index contributed by atoms with van der Waals surface area (Å²) in [4.78, 5) is 141. The van der Waals surface area contributed by atoms with E-state index in [1.165, 1.54) is 0 Å². The molecule has 24 heteroatoms. The van der Waals surface area contributed by atoms with Crippen molar-refractivity contribution >= 4 is 88.9 Å².